The lowest BCUT2D eigenvalue weighted by Gasteiger charge is -2.07. The van der Waals surface area contributed by atoms with E-state index in [-0.39, 0.29) is 5.91 Å². The van der Waals surface area contributed by atoms with Gasteiger partial charge in [-0.25, -0.2) is 0 Å². The Morgan fingerprint density at radius 2 is 2.32 bits per heavy atom. The number of rotatable bonds is 5. The molecule has 1 heterocycles. The molecule has 1 aromatic heterocycles. The first-order valence-electron chi connectivity index (χ1n) is 5.77. The molecule has 0 bridgehead atoms. The fourth-order valence-electron chi connectivity index (χ4n) is 1.59. The van der Waals surface area contributed by atoms with Gasteiger partial charge >= 0.3 is 0 Å². The van der Waals surface area contributed by atoms with Crippen molar-refractivity contribution in [2.24, 2.45) is 0 Å². The van der Waals surface area contributed by atoms with E-state index in [9.17, 15) is 4.79 Å². The summed E-state index contributed by atoms with van der Waals surface area (Å²) in [7, 11) is 0. The van der Waals surface area contributed by atoms with Crippen molar-refractivity contribution < 1.29 is 4.79 Å². The molecule has 1 aromatic carbocycles. The topological polar surface area (TPSA) is 59.8 Å². The van der Waals surface area contributed by atoms with E-state index >= 15 is 0 Å². The normalized spacial score (nSPS) is 10.4. The summed E-state index contributed by atoms with van der Waals surface area (Å²) in [6.07, 6.45) is 4.23. The first kappa shape index (κ1) is 14.1. The molecule has 1 amide bonds. The van der Waals surface area contributed by atoms with Crippen molar-refractivity contribution in [3.8, 4) is 0 Å². The minimum Gasteiger partial charge on any atom is -0.352 e. The Hall–Kier alpha value is -1.34. The van der Waals surface area contributed by atoms with Crippen LogP contribution >= 0.6 is 28.6 Å². The second-order valence-corrected chi connectivity index (χ2v) is 5.33. The molecule has 0 aliphatic heterocycles. The van der Waals surface area contributed by atoms with Crippen molar-refractivity contribution in [2.75, 3.05) is 6.54 Å². The smallest absolute Gasteiger partial charge is 0.252 e. The van der Waals surface area contributed by atoms with Crippen LogP contribution in [0.5, 0.6) is 0 Å². The van der Waals surface area contributed by atoms with Gasteiger partial charge in [-0.1, -0.05) is 21.1 Å². The number of nitrogens with zero attached hydrogens (tertiary/aromatic N) is 3. The largest absolute Gasteiger partial charge is 0.352 e. The Kier molecular flexibility index (Phi) is 4.98. The number of halogens is 1. The molecular formula is C12H13BrN4OS. The third-order valence-corrected chi connectivity index (χ3v) is 3.39. The quantitative estimate of drug-likeness (QED) is 0.647. The van der Waals surface area contributed by atoms with E-state index in [1.165, 1.54) is 0 Å². The van der Waals surface area contributed by atoms with Gasteiger partial charge in [0.15, 0.2) is 0 Å². The number of nitrogens with one attached hydrogen (secondary N) is 1. The Labute approximate surface area is 124 Å². The van der Waals surface area contributed by atoms with E-state index < -0.39 is 0 Å². The molecule has 0 spiro atoms. The summed E-state index contributed by atoms with van der Waals surface area (Å²) in [5, 5.41) is 10.4. The zero-order valence-corrected chi connectivity index (χ0v) is 12.6. The van der Waals surface area contributed by atoms with Crippen LogP contribution in [0.25, 0.3) is 0 Å². The summed E-state index contributed by atoms with van der Waals surface area (Å²) in [5.41, 5.74) is 0.576. The highest BCUT2D eigenvalue weighted by Gasteiger charge is 2.08. The highest BCUT2D eigenvalue weighted by molar-refractivity contribution is 9.10. The predicted molar refractivity (Wildman–Crippen MR) is 78.4 cm³/mol. The van der Waals surface area contributed by atoms with Gasteiger partial charge in [0, 0.05) is 28.7 Å². The van der Waals surface area contributed by atoms with Crippen molar-refractivity contribution in [1.29, 1.82) is 0 Å². The summed E-state index contributed by atoms with van der Waals surface area (Å²) in [6.45, 7) is 1.32. The van der Waals surface area contributed by atoms with E-state index in [0.717, 1.165) is 17.4 Å². The van der Waals surface area contributed by atoms with Crippen LogP contribution in [-0.2, 0) is 6.54 Å². The van der Waals surface area contributed by atoms with Crippen LogP contribution in [-0.4, -0.2) is 27.4 Å². The number of thiol groups is 1. The minimum absolute atomic E-state index is 0.115. The number of hydrogen-bond acceptors (Lipinski definition) is 4. The lowest BCUT2D eigenvalue weighted by Crippen LogP contribution is -2.25. The van der Waals surface area contributed by atoms with Gasteiger partial charge in [-0.3, -0.25) is 9.48 Å². The minimum atomic E-state index is -0.115. The zero-order valence-electron chi connectivity index (χ0n) is 10.1. The summed E-state index contributed by atoms with van der Waals surface area (Å²) >= 11 is 7.62. The maximum absolute atomic E-state index is 11.9. The van der Waals surface area contributed by atoms with Crippen molar-refractivity contribution in [1.82, 2.24) is 20.3 Å². The van der Waals surface area contributed by atoms with Gasteiger partial charge in [0.05, 0.1) is 11.8 Å². The standard InChI is InChI=1S/C12H13BrN4OS/c13-9-2-3-10(11(19)8-9)12(18)14-4-1-6-17-7-5-15-16-17/h2-3,5,7-8,19H,1,4,6H2,(H,14,18). The third-order valence-electron chi connectivity index (χ3n) is 2.53. The average Bonchev–Trinajstić information content (AvgIpc) is 2.87. The fraction of sp³-hybridized carbons (Fsp3) is 0.250. The van der Waals surface area contributed by atoms with Crippen molar-refractivity contribution in [3.05, 3.63) is 40.6 Å². The van der Waals surface area contributed by atoms with Crippen LogP contribution in [0.15, 0.2) is 40.0 Å². The SMILES string of the molecule is O=C(NCCCn1ccnn1)c1ccc(Br)cc1S. The molecule has 0 fully saturated rings. The van der Waals surface area contributed by atoms with Crippen LogP contribution in [0.3, 0.4) is 0 Å². The number of carbonyl (C=O) groups is 1. The van der Waals surface area contributed by atoms with Crippen LogP contribution in [0.4, 0.5) is 0 Å². The van der Waals surface area contributed by atoms with Gasteiger partial charge in [-0.2, -0.15) is 0 Å². The maximum atomic E-state index is 11.9. The number of amides is 1. The fourth-order valence-corrected chi connectivity index (χ4v) is 2.44. The van der Waals surface area contributed by atoms with Crippen molar-refractivity contribution >= 4 is 34.5 Å². The van der Waals surface area contributed by atoms with E-state index in [1.807, 2.05) is 6.07 Å². The zero-order chi connectivity index (χ0) is 13.7. The van der Waals surface area contributed by atoms with Gasteiger partial charge in [-0.15, -0.1) is 17.7 Å². The Bertz CT molecular complexity index is 559. The van der Waals surface area contributed by atoms with Crippen LogP contribution in [0.2, 0.25) is 0 Å². The molecule has 0 aliphatic carbocycles. The second kappa shape index (κ2) is 6.72. The number of aromatic nitrogens is 3. The number of carbonyl (C=O) groups excluding carboxylic acids is 1. The molecule has 5 nitrogen and oxygen atoms in total. The van der Waals surface area contributed by atoms with Crippen molar-refractivity contribution in [2.45, 2.75) is 17.9 Å². The molecule has 19 heavy (non-hydrogen) atoms. The molecule has 2 rings (SSSR count). The highest BCUT2D eigenvalue weighted by Crippen LogP contribution is 2.19. The number of benzene rings is 1. The summed E-state index contributed by atoms with van der Waals surface area (Å²) in [6, 6.07) is 5.37. The monoisotopic (exact) mass is 340 g/mol. The molecule has 0 saturated carbocycles. The number of hydrogen-bond donors (Lipinski definition) is 2. The number of aryl methyl sites for hydroxylation is 1. The molecule has 0 unspecified atom stereocenters. The molecule has 0 radical (unpaired) electrons. The lowest BCUT2D eigenvalue weighted by molar-refractivity contribution is 0.0949. The average molecular weight is 341 g/mol. The Balaban J connectivity index is 1.81. The first-order valence-corrected chi connectivity index (χ1v) is 7.01. The summed E-state index contributed by atoms with van der Waals surface area (Å²) in [4.78, 5) is 12.6. The molecule has 100 valence electrons. The van der Waals surface area contributed by atoms with Gasteiger partial charge in [0.1, 0.15) is 0 Å². The van der Waals surface area contributed by atoms with Crippen LogP contribution in [0, 0.1) is 0 Å². The molecule has 0 saturated heterocycles. The predicted octanol–water partition coefficient (Wildman–Crippen LogP) is 2.15. The Morgan fingerprint density at radius 1 is 1.47 bits per heavy atom. The van der Waals surface area contributed by atoms with E-state index in [2.05, 4.69) is 44.2 Å². The van der Waals surface area contributed by atoms with Crippen molar-refractivity contribution in [3.63, 3.8) is 0 Å². The van der Waals surface area contributed by atoms with E-state index in [4.69, 9.17) is 0 Å². The van der Waals surface area contributed by atoms with Gasteiger partial charge < -0.3 is 5.32 Å². The van der Waals surface area contributed by atoms with Gasteiger partial charge in [-0.05, 0) is 24.6 Å². The molecule has 1 N–H and O–H groups in total. The molecule has 0 atom stereocenters. The lowest BCUT2D eigenvalue weighted by atomic mass is 10.2. The summed E-state index contributed by atoms with van der Waals surface area (Å²) in [5.74, 6) is -0.115. The molecular weight excluding hydrogens is 328 g/mol. The molecule has 0 aliphatic rings. The van der Waals surface area contributed by atoms with Crippen LogP contribution < -0.4 is 5.32 Å². The van der Waals surface area contributed by atoms with Gasteiger partial charge in [0.2, 0.25) is 0 Å². The second-order valence-electron chi connectivity index (χ2n) is 3.94. The highest BCUT2D eigenvalue weighted by atomic mass is 79.9. The van der Waals surface area contributed by atoms with Gasteiger partial charge in [0.25, 0.3) is 5.91 Å². The van der Waals surface area contributed by atoms with E-state index in [0.29, 0.717) is 17.0 Å². The van der Waals surface area contributed by atoms with E-state index in [1.54, 1.807) is 29.2 Å². The maximum Gasteiger partial charge on any atom is 0.252 e. The summed E-state index contributed by atoms with van der Waals surface area (Å²) < 4.78 is 2.63. The first-order chi connectivity index (χ1) is 9.16. The molecule has 2 aromatic rings. The molecule has 7 heteroatoms. The Morgan fingerprint density at radius 3 is 3.00 bits per heavy atom. The third kappa shape index (κ3) is 4.07. The van der Waals surface area contributed by atoms with Crippen LogP contribution in [0.1, 0.15) is 16.8 Å².